The van der Waals surface area contributed by atoms with E-state index in [1.807, 2.05) is 45.0 Å². The van der Waals surface area contributed by atoms with Crippen LogP contribution in [0, 0.1) is 6.92 Å². The van der Waals surface area contributed by atoms with Crippen LogP contribution in [0.2, 0.25) is 0 Å². The molecule has 112 valence electrons. The zero-order valence-electron chi connectivity index (χ0n) is 12.7. The summed E-state index contributed by atoms with van der Waals surface area (Å²) in [7, 11) is 0. The third kappa shape index (κ3) is 4.33. The highest BCUT2D eigenvalue weighted by atomic mass is 32.1. The van der Waals surface area contributed by atoms with Crippen molar-refractivity contribution in [2.24, 2.45) is 0 Å². The number of benzene rings is 1. The van der Waals surface area contributed by atoms with Crippen molar-refractivity contribution >= 4 is 17.2 Å². The molecule has 0 aliphatic heterocycles. The molecule has 2 aromatic rings. The Bertz CT molecular complexity index is 593. The second kappa shape index (κ2) is 7.27. The lowest BCUT2D eigenvalue weighted by molar-refractivity contribution is 0.0940. The van der Waals surface area contributed by atoms with E-state index in [0.29, 0.717) is 12.2 Å². The number of carbonyl (C=O) groups excluding carboxylic acids is 1. The molecule has 0 aliphatic carbocycles. The molecule has 0 saturated carbocycles. The van der Waals surface area contributed by atoms with Crippen LogP contribution in [-0.2, 0) is 6.42 Å². The van der Waals surface area contributed by atoms with E-state index in [2.05, 4.69) is 16.8 Å². The van der Waals surface area contributed by atoms with Crippen molar-refractivity contribution in [3.8, 4) is 5.75 Å². The van der Waals surface area contributed by atoms with Crippen molar-refractivity contribution in [3.05, 3.63) is 51.7 Å². The Morgan fingerprint density at radius 2 is 2.19 bits per heavy atom. The van der Waals surface area contributed by atoms with Crippen LogP contribution in [0.1, 0.15) is 34.6 Å². The standard InChI is InChI=1S/C17H21NO2S/c1-4-20-16-8-7-14(10-12(16)2)17(19)18-13(3)11-15-6-5-9-21-15/h5-10,13H,4,11H2,1-3H3,(H,18,19). The maximum Gasteiger partial charge on any atom is 0.251 e. The fourth-order valence-electron chi connectivity index (χ4n) is 2.20. The second-order valence-corrected chi connectivity index (χ2v) is 6.10. The van der Waals surface area contributed by atoms with Gasteiger partial charge in [0.05, 0.1) is 6.61 Å². The van der Waals surface area contributed by atoms with Gasteiger partial charge in [-0.15, -0.1) is 11.3 Å². The molecule has 0 saturated heterocycles. The van der Waals surface area contributed by atoms with E-state index in [0.717, 1.165) is 17.7 Å². The summed E-state index contributed by atoms with van der Waals surface area (Å²) in [5.41, 5.74) is 1.66. The molecule has 1 unspecified atom stereocenters. The van der Waals surface area contributed by atoms with E-state index < -0.39 is 0 Å². The van der Waals surface area contributed by atoms with Crippen molar-refractivity contribution in [2.75, 3.05) is 6.61 Å². The number of aryl methyl sites for hydroxylation is 1. The molecule has 0 bridgehead atoms. The van der Waals surface area contributed by atoms with Crippen LogP contribution in [0.15, 0.2) is 35.7 Å². The lowest BCUT2D eigenvalue weighted by Crippen LogP contribution is -2.33. The van der Waals surface area contributed by atoms with Crippen LogP contribution in [0.3, 0.4) is 0 Å². The molecule has 1 amide bonds. The van der Waals surface area contributed by atoms with E-state index in [-0.39, 0.29) is 11.9 Å². The summed E-state index contributed by atoms with van der Waals surface area (Å²) in [5.74, 6) is 0.797. The highest BCUT2D eigenvalue weighted by molar-refractivity contribution is 7.09. The van der Waals surface area contributed by atoms with Crippen molar-refractivity contribution in [1.82, 2.24) is 5.32 Å². The Morgan fingerprint density at radius 1 is 1.38 bits per heavy atom. The van der Waals surface area contributed by atoms with E-state index >= 15 is 0 Å². The molecular weight excluding hydrogens is 282 g/mol. The van der Waals surface area contributed by atoms with E-state index in [4.69, 9.17) is 4.74 Å². The van der Waals surface area contributed by atoms with Gasteiger partial charge in [0.1, 0.15) is 5.75 Å². The lowest BCUT2D eigenvalue weighted by atomic mass is 10.1. The molecule has 1 heterocycles. The highest BCUT2D eigenvalue weighted by Crippen LogP contribution is 2.19. The summed E-state index contributed by atoms with van der Waals surface area (Å²) in [4.78, 5) is 13.5. The van der Waals surface area contributed by atoms with Crippen LogP contribution in [0.4, 0.5) is 0 Å². The largest absolute Gasteiger partial charge is 0.494 e. The first-order valence-electron chi connectivity index (χ1n) is 7.17. The molecule has 0 radical (unpaired) electrons. The van der Waals surface area contributed by atoms with Gasteiger partial charge in [0, 0.05) is 22.9 Å². The number of thiophene rings is 1. The van der Waals surface area contributed by atoms with Crippen LogP contribution in [-0.4, -0.2) is 18.6 Å². The van der Waals surface area contributed by atoms with Crippen LogP contribution in [0.5, 0.6) is 5.75 Å². The maximum atomic E-state index is 12.3. The molecule has 4 heteroatoms. The summed E-state index contributed by atoms with van der Waals surface area (Å²) in [6, 6.07) is 9.78. The molecule has 3 nitrogen and oxygen atoms in total. The van der Waals surface area contributed by atoms with Gasteiger partial charge in [0.25, 0.3) is 5.91 Å². The topological polar surface area (TPSA) is 38.3 Å². The lowest BCUT2D eigenvalue weighted by Gasteiger charge is -2.14. The molecule has 0 spiro atoms. The van der Waals surface area contributed by atoms with E-state index in [1.54, 1.807) is 11.3 Å². The first-order valence-corrected chi connectivity index (χ1v) is 8.04. The highest BCUT2D eigenvalue weighted by Gasteiger charge is 2.12. The Labute approximate surface area is 130 Å². The van der Waals surface area contributed by atoms with Crippen molar-refractivity contribution in [2.45, 2.75) is 33.2 Å². The summed E-state index contributed by atoms with van der Waals surface area (Å²) < 4.78 is 5.49. The Morgan fingerprint density at radius 3 is 2.81 bits per heavy atom. The minimum absolute atomic E-state index is 0.0368. The number of hydrogen-bond acceptors (Lipinski definition) is 3. The molecule has 1 aromatic carbocycles. The third-order valence-electron chi connectivity index (χ3n) is 3.20. The minimum Gasteiger partial charge on any atom is -0.494 e. The smallest absolute Gasteiger partial charge is 0.251 e. The van der Waals surface area contributed by atoms with Crippen molar-refractivity contribution in [1.29, 1.82) is 0 Å². The quantitative estimate of drug-likeness (QED) is 0.881. The molecule has 1 N–H and O–H groups in total. The van der Waals surface area contributed by atoms with Crippen molar-refractivity contribution in [3.63, 3.8) is 0 Å². The predicted molar refractivity (Wildman–Crippen MR) is 87.3 cm³/mol. The Kier molecular flexibility index (Phi) is 5.39. The second-order valence-electron chi connectivity index (χ2n) is 5.07. The Balaban J connectivity index is 1.98. The van der Waals surface area contributed by atoms with Crippen LogP contribution in [0.25, 0.3) is 0 Å². The first kappa shape index (κ1) is 15.6. The minimum atomic E-state index is -0.0368. The first-order chi connectivity index (χ1) is 10.1. The molecule has 1 aromatic heterocycles. The maximum absolute atomic E-state index is 12.3. The average molecular weight is 303 g/mol. The number of carbonyl (C=O) groups is 1. The van der Waals surface area contributed by atoms with Gasteiger partial charge in [-0.25, -0.2) is 0 Å². The fourth-order valence-corrected chi connectivity index (χ4v) is 3.03. The molecule has 21 heavy (non-hydrogen) atoms. The summed E-state index contributed by atoms with van der Waals surface area (Å²) in [6.45, 7) is 6.56. The summed E-state index contributed by atoms with van der Waals surface area (Å²) in [5, 5.41) is 5.10. The number of hydrogen-bond donors (Lipinski definition) is 1. The van der Waals surface area contributed by atoms with E-state index in [9.17, 15) is 4.79 Å². The normalized spacial score (nSPS) is 12.0. The monoisotopic (exact) mass is 303 g/mol. The van der Waals surface area contributed by atoms with Gasteiger partial charge in [0.15, 0.2) is 0 Å². The zero-order valence-corrected chi connectivity index (χ0v) is 13.5. The fraction of sp³-hybridized carbons (Fsp3) is 0.353. The molecule has 2 rings (SSSR count). The van der Waals surface area contributed by atoms with Crippen molar-refractivity contribution < 1.29 is 9.53 Å². The molecule has 0 fully saturated rings. The van der Waals surface area contributed by atoms with Gasteiger partial charge in [-0.05, 0) is 56.0 Å². The van der Waals surface area contributed by atoms with Gasteiger partial charge in [-0.2, -0.15) is 0 Å². The van der Waals surface area contributed by atoms with Crippen LogP contribution < -0.4 is 10.1 Å². The number of amides is 1. The molecule has 1 atom stereocenters. The van der Waals surface area contributed by atoms with Gasteiger partial charge >= 0.3 is 0 Å². The van der Waals surface area contributed by atoms with Gasteiger partial charge in [-0.1, -0.05) is 6.07 Å². The van der Waals surface area contributed by atoms with E-state index in [1.165, 1.54) is 4.88 Å². The third-order valence-corrected chi connectivity index (χ3v) is 4.10. The molecular formula is C17H21NO2S. The van der Waals surface area contributed by atoms with Crippen LogP contribution >= 0.6 is 11.3 Å². The average Bonchev–Trinajstić information content (AvgIpc) is 2.93. The Hall–Kier alpha value is -1.81. The zero-order chi connectivity index (χ0) is 15.2. The predicted octanol–water partition coefficient (Wildman–Crippen LogP) is 3.82. The van der Waals surface area contributed by atoms with Gasteiger partial charge < -0.3 is 10.1 Å². The van der Waals surface area contributed by atoms with Gasteiger partial charge in [-0.3, -0.25) is 4.79 Å². The SMILES string of the molecule is CCOc1ccc(C(=O)NC(C)Cc2cccs2)cc1C. The number of ether oxygens (including phenoxy) is 1. The summed E-state index contributed by atoms with van der Waals surface area (Å²) in [6.07, 6.45) is 0.861. The number of nitrogens with one attached hydrogen (secondary N) is 1. The number of rotatable bonds is 6. The molecule has 0 aliphatic rings. The van der Waals surface area contributed by atoms with Gasteiger partial charge in [0.2, 0.25) is 0 Å². The summed E-state index contributed by atoms with van der Waals surface area (Å²) >= 11 is 1.72.